The van der Waals surface area contributed by atoms with Crippen molar-refractivity contribution in [2.75, 3.05) is 0 Å². The molecule has 52 heavy (non-hydrogen) atoms. The van der Waals surface area contributed by atoms with E-state index in [0.29, 0.717) is 11.6 Å². The van der Waals surface area contributed by atoms with E-state index < -0.39 is 0 Å². The van der Waals surface area contributed by atoms with Crippen LogP contribution in [-0.4, -0.2) is 24.5 Å². The molecule has 0 atom stereocenters. The Morgan fingerprint density at radius 2 is 1.15 bits per heavy atom. The lowest BCUT2D eigenvalue weighted by Crippen LogP contribution is -2.18. The van der Waals surface area contributed by atoms with Crippen LogP contribution in [0.2, 0.25) is 0 Å². The average Bonchev–Trinajstić information content (AvgIpc) is 3.66. The standard InChI is InChI=1S/C47H33N5/c1-47(2)39-15-7-5-13-35(39)41-37-26-30-21-28-11-3-4-12-29(28)22-31(30)27-38(37)42-36-14-6-8-16-40(36)52(44(42)43(41)47)34-24-32(45-48-17-9-18-49-45)23-33(25-34)46-50-19-10-20-51-46/h3-25H,26-27H2,1-2H3. The first-order valence-electron chi connectivity index (χ1n) is 18.0. The van der Waals surface area contributed by atoms with E-state index in [9.17, 15) is 0 Å². The van der Waals surface area contributed by atoms with Gasteiger partial charge in [-0.1, -0.05) is 92.7 Å². The van der Waals surface area contributed by atoms with Crippen LogP contribution >= 0.6 is 0 Å². The third kappa shape index (κ3) is 4.11. The Kier molecular flexibility index (Phi) is 6.07. The minimum atomic E-state index is -0.236. The maximum atomic E-state index is 4.68. The van der Waals surface area contributed by atoms with E-state index >= 15 is 0 Å². The summed E-state index contributed by atoms with van der Waals surface area (Å²) in [6.45, 7) is 4.82. The molecular formula is C47H33N5. The second kappa shape index (κ2) is 10.8. The molecule has 5 nitrogen and oxygen atoms in total. The van der Waals surface area contributed by atoms with Crippen LogP contribution in [0.1, 0.15) is 47.2 Å². The van der Waals surface area contributed by atoms with E-state index in [1.165, 1.54) is 77.1 Å². The van der Waals surface area contributed by atoms with Gasteiger partial charge in [-0.25, -0.2) is 19.9 Å². The van der Waals surface area contributed by atoms with Crippen molar-refractivity contribution in [2.45, 2.75) is 32.1 Å². The van der Waals surface area contributed by atoms with Gasteiger partial charge in [0.1, 0.15) is 0 Å². The Bertz CT molecular complexity index is 2860. The molecule has 0 unspecified atom stereocenters. The molecule has 3 heterocycles. The smallest absolute Gasteiger partial charge is 0.159 e. The van der Waals surface area contributed by atoms with Gasteiger partial charge in [0.15, 0.2) is 11.6 Å². The van der Waals surface area contributed by atoms with Crippen molar-refractivity contribution in [1.82, 2.24) is 24.5 Å². The van der Waals surface area contributed by atoms with Crippen LogP contribution in [0.25, 0.3) is 72.2 Å². The molecule has 246 valence electrons. The molecule has 0 N–H and O–H groups in total. The SMILES string of the molecule is CC1(C)c2ccccc2-c2c3c(c4c5ccccc5n(-c5cc(-c6ncccn6)cc(-c6ncccn6)c5)c4c21)Cc1cc2ccccc2cc1C3. The van der Waals surface area contributed by atoms with Crippen molar-refractivity contribution in [3.63, 3.8) is 0 Å². The van der Waals surface area contributed by atoms with Crippen LogP contribution in [0.5, 0.6) is 0 Å². The molecule has 0 amide bonds. The molecule has 11 rings (SSSR count). The Morgan fingerprint density at radius 1 is 0.577 bits per heavy atom. The van der Waals surface area contributed by atoms with Gasteiger partial charge in [0, 0.05) is 57.8 Å². The first kappa shape index (κ1) is 29.3. The molecule has 0 saturated carbocycles. The van der Waals surface area contributed by atoms with Gasteiger partial charge in [-0.05, 0) is 105 Å². The monoisotopic (exact) mass is 667 g/mol. The molecule has 2 aliphatic carbocycles. The molecule has 5 heteroatoms. The Morgan fingerprint density at radius 3 is 1.83 bits per heavy atom. The fourth-order valence-corrected chi connectivity index (χ4v) is 9.24. The van der Waals surface area contributed by atoms with Crippen molar-refractivity contribution in [3.8, 4) is 39.6 Å². The van der Waals surface area contributed by atoms with Gasteiger partial charge >= 0.3 is 0 Å². The van der Waals surface area contributed by atoms with Gasteiger partial charge in [0.2, 0.25) is 0 Å². The number of benzene rings is 6. The summed E-state index contributed by atoms with van der Waals surface area (Å²) in [6, 6.07) is 42.0. The highest BCUT2D eigenvalue weighted by atomic mass is 15.0. The van der Waals surface area contributed by atoms with Crippen molar-refractivity contribution < 1.29 is 0 Å². The number of aromatic nitrogens is 5. The summed E-state index contributed by atoms with van der Waals surface area (Å²) in [7, 11) is 0. The zero-order valence-electron chi connectivity index (χ0n) is 28.9. The summed E-state index contributed by atoms with van der Waals surface area (Å²) in [5, 5.41) is 5.22. The van der Waals surface area contributed by atoms with Crippen molar-refractivity contribution in [1.29, 1.82) is 0 Å². The zero-order valence-corrected chi connectivity index (χ0v) is 28.9. The summed E-state index contributed by atoms with van der Waals surface area (Å²) in [5.74, 6) is 1.34. The highest BCUT2D eigenvalue weighted by Gasteiger charge is 2.42. The Hall–Kier alpha value is -6.46. The van der Waals surface area contributed by atoms with Crippen molar-refractivity contribution >= 4 is 32.6 Å². The third-order valence-electron chi connectivity index (χ3n) is 11.5. The molecule has 0 saturated heterocycles. The topological polar surface area (TPSA) is 56.5 Å². The predicted octanol–water partition coefficient (Wildman–Crippen LogP) is 10.7. The average molecular weight is 668 g/mol. The number of nitrogens with zero attached hydrogens (tertiary/aromatic N) is 5. The van der Waals surface area contributed by atoms with E-state index in [2.05, 4.69) is 141 Å². The zero-order chi connectivity index (χ0) is 34.6. The number of hydrogen-bond acceptors (Lipinski definition) is 4. The second-order valence-corrected chi connectivity index (χ2v) is 14.7. The fourth-order valence-electron chi connectivity index (χ4n) is 9.24. The van der Waals surface area contributed by atoms with Gasteiger partial charge in [-0.2, -0.15) is 0 Å². The maximum Gasteiger partial charge on any atom is 0.159 e. The molecule has 3 aromatic heterocycles. The molecule has 0 spiro atoms. The second-order valence-electron chi connectivity index (χ2n) is 14.7. The van der Waals surface area contributed by atoms with Crippen LogP contribution in [0.3, 0.4) is 0 Å². The van der Waals surface area contributed by atoms with Crippen molar-refractivity contribution in [3.05, 3.63) is 173 Å². The molecule has 9 aromatic rings. The molecule has 0 fully saturated rings. The number of para-hydroxylation sites is 1. The van der Waals surface area contributed by atoms with Gasteiger partial charge in [-0.3, -0.25) is 0 Å². The molecule has 0 aliphatic heterocycles. The lowest BCUT2D eigenvalue weighted by Gasteiger charge is -2.28. The Labute approximate surface area is 301 Å². The highest BCUT2D eigenvalue weighted by Crippen LogP contribution is 2.57. The molecule has 6 aromatic carbocycles. The molecule has 0 bridgehead atoms. The Balaban J connectivity index is 1.29. The van der Waals surface area contributed by atoms with Crippen LogP contribution in [0.15, 0.2) is 140 Å². The lowest BCUT2D eigenvalue weighted by atomic mass is 9.76. The number of fused-ring (bicyclic) bond motifs is 12. The molecular weight excluding hydrogens is 635 g/mol. The van der Waals surface area contributed by atoms with E-state index in [-0.39, 0.29) is 5.41 Å². The molecule has 0 radical (unpaired) electrons. The predicted molar refractivity (Wildman–Crippen MR) is 210 cm³/mol. The maximum absolute atomic E-state index is 4.68. The van der Waals surface area contributed by atoms with E-state index in [1.54, 1.807) is 24.8 Å². The summed E-state index contributed by atoms with van der Waals surface area (Å²) in [4.78, 5) is 18.7. The van der Waals surface area contributed by atoms with E-state index in [4.69, 9.17) is 0 Å². The molecule has 2 aliphatic rings. The van der Waals surface area contributed by atoms with Gasteiger partial charge in [-0.15, -0.1) is 0 Å². The lowest BCUT2D eigenvalue weighted by molar-refractivity contribution is 0.663. The minimum absolute atomic E-state index is 0.236. The highest BCUT2D eigenvalue weighted by molar-refractivity contribution is 6.16. The van der Waals surface area contributed by atoms with Gasteiger partial charge < -0.3 is 4.57 Å². The largest absolute Gasteiger partial charge is 0.309 e. The van der Waals surface area contributed by atoms with Crippen LogP contribution in [0, 0.1) is 0 Å². The minimum Gasteiger partial charge on any atom is -0.309 e. The van der Waals surface area contributed by atoms with Crippen LogP contribution < -0.4 is 0 Å². The first-order valence-corrected chi connectivity index (χ1v) is 18.0. The number of rotatable bonds is 3. The van der Waals surface area contributed by atoms with Crippen molar-refractivity contribution in [2.24, 2.45) is 0 Å². The summed E-state index contributed by atoms with van der Waals surface area (Å²) >= 11 is 0. The van der Waals surface area contributed by atoms with Gasteiger partial charge in [0.05, 0.1) is 11.0 Å². The quantitative estimate of drug-likeness (QED) is 0.188. The van der Waals surface area contributed by atoms with Crippen LogP contribution in [0.4, 0.5) is 0 Å². The summed E-state index contributed by atoms with van der Waals surface area (Å²) < 4.78 is 2.51. The van der Waals surface area contributed by atoms with Gasteiger partial charge in [0.25, 0.3) is 0 Å². The summed E-state index contributed by atoms with van der Waals surface area (Å²) in [5.41, 5.74) is 16.4. The van der Waals surface area contributed by atoms with E-state index in [0.717, 1.165) is 29.7 Å². The van der Waals surface area contributed by atoms with E-state index in [1.807, 2.05) is 12.1 Å². The first-order chi connectivity index (χ1) is 25.5. The van der Waals surface area contributed by atoms with Crippen LogP contribution in [-0.2, 0) is 18.3 Å². The normalized spacial score (nSPS) is 14.0. The third-order valence-corrected chi connectivity index (χ3v) is 11.5. The summed E-state index contributed by atoms with van der Waals surface area (Å²) in [6.07, 6.45) is 9.00. The fraction of sp³-hybridized carbons (Fsp3) is 0.106. The number of hydrogen-bond donors (Lipinski definition) is 0.